The average Bonchev–Trinajstić information content (AvgIpc) is 1.95. The Bertz CT molecular complexity index is 303. The predicted molar refractivity (Wildman–Crippen MR) is 40.3 cm³/mol. The molecule has 0 aliphatic carbocycles. The Balaban J connectivity index is 5.50. The molecular weight excluding hydrogens is 285 g/mol. The number of alkyl halides is 9. The third kappa shape index (κ3) is 2.99. The minimum absolute atomic E-state index is 0.167. The lowest BCUT2D eigenvalue weighted by atomic mass is 9.86. The summed E-state index contributed by atoms with van der Waals surface area (Å²) in [6, 6.07) is 0. The zero-order valence-corrected chi connectivity index (χ0v) is 8.63. The van der Waals surface area contributed by atoms with Gasteiger partial charge in [-0.25, -0.2) is 0 Å². The van der Waals surface area contributed by atoms with Gasteiger partial charge in [0.25, 0.3) is 0 Å². The van der Waals surface area contributed by atoms with Gasteiger partial charge in [0, 0.05) is 0 Å². The Kier molecular flexibility index (Phi) is 3.99. The Morgan fingerprint density at radius 3 is 1.39 bits per heavy atom. The van der Waals surface area contributed by atoms with Crippen molar-refractivity contribution < 1.29 is 44.6 Å². The molecule has 0 aliphatic heterocycles. The van der Waals surface area contributed by atoms with Gasteiger partial charge in [0.1, 0.15) is 0 Å². The number of rotatable bonds is 4. The van der Waals surface area contributed by atoms with Crippen LogP contribution in [0.4, 0.5) is 39.5 Å². The zero-order valence-electron chi connectivity index (χ0n) is 8.63. The lowest BCUT2D eigenvalue weighted by Gasteiger charge is -2.39. The van der Waals surface area contributed by atoms with Gasteiger partial charge in [-0.05, 0) is 6.92 Å². The number of hydrogen-bond acceptors (Lipinski definition) is 2. The van der Waals surface area contributed by atoms with E-state index in [1.165, 1.54) is 0 Å². The fourth-order valence-electron chi connectivity index (χ4n) is 1.07. The summed E-state index contributed by atoms with van der Waals surface area (Å²) in [6.07, 6.45) is -14.2. The maximum absolute atomic E-state index is 13.0. The lowest BCUT2D eigenvalue weighted by molar-refractivity contribution is -0.396. The summed E-state index contributed by atoms with van der Waals surface area (Å²) in [5.74, 6) is -12.4. The SMILES string of the molecule is CC(N)(CC(F)(F)F)C(F)(F)C(F)(F)C(O)(F)F. The van der Waals surface area contributed by atoms with E-state index in [0.717, 1.165) is 0 Å². The molecule has 110 valence electrons. The first kappa shape index (κ1) is 17.3. The summed E-state index contributed by atoms with van der Waals surface area (Å²) in [7, 11) is 0. The smallest absolute Gasteiger partial charge is 0.331 e. The van der Waals surface area contributed by atoms with Crippen molar-refractivity contribution in [2.75, 3.05) is 0 Å². The summed E-state index contributed by atoms with van der Waals surface area (Å²) in [4.78, 5) is 0. The number of hydrogen-bond donors (Lipinski definition) is 2. The first-order valence-electron chi connectivity index (χ1n) is 4.17. The first-order chi connectivity index (χ1) is 7.46. The Labute approximate surface area is 94.6 Å². The summed E-state index contributed by atoms with van der Waals surface area (Å²) >= 11 is 0. The lowest BCUT2D eigenvalue weighted by Crippen LogP contribution is -2.68. The standard InChI is InChI=1S/C7H8F9NO/c1-3(17,2-4(8,9)10)5(11,12)6(13,14)7(15,16)18/h18H,2,17H2,1H3. The van der Waals surface area contributed by atoms with Crippen molar-refractivity contribution in [1.29, 1.82) is 0 Å². The molecule has 0 aliphatic rings. The molecule has 11 heteroatoms. The highest BCUT2D eigenvalue weighted by Crippen LogP contribution is 2.50. The van der Waals surface area contributed by atoms with Crippen molar-refractivity contribution in [2.24, 2.45) is 5.73 Å². The summed E-state index contributed by atoms with van der Waals surface area (Å²) in [5, 5.41) is 7.64. The molecule has 0 saturated carbocycles. The van der Waals surface area contributed by atoms with E-state index in [9.17, 15) is 39.5 Å². The maximum Gasteiger partial charge on any atom is 0.423 e. The number of nitrogens with two attached hydrogens (primary N) is 1. The largest absolute Gasteiger partial charge is 0.423 e. The quantitative estimate of drug-likeness (QED) is 0.782. The predicted octanol–water partition coefficient (Wildman–Crippen LogP) is 2.51. The fourth-order valence-corrected chi connectivity index (χ4v) is 1.07. The molecule has 0 amide bonds. The minimum atomic E-state index is -6.45. The van der Waals surface area contributed by atoms with Gasteiger partial charge in [0.2, 0.25) is 0 Å². The third-order valence-electron chi connectivity index (χ3n) is 2.06. The van der Waals surface area contributed by atoms with Crippen LogP contribution in [0.1, 0.15) is 13.3 Å². The van der Waals surface area contributed by atoms with Gasteiger partial charge < -0.3 is 10.8 Å². The summed E-state index contributed by atoms with van der Waals surface area (Å²) < 4.78 is 111. The van der Waals surface area contributed by atoms with Gasteiger partial charge in [-0.15, -0.1) is 0 Å². The van der Waals surface area contributed by atoms with Gasteiger partial charge in [-0.1, -0.05) is 0 Å². The second-order valence-corrected chi connectivity index (χ2v) is 3.90. The van der Waals surface area contributed by atoms with Crippen molar-refractivity contribution in [3.63, 3.8) is 0 Å². The second-order valence-electron chi connectivity index (χ2n) is 3.90. The normalized spacial score (nSPS) is 18.7. The summed E-state index contributed by atoms with van der Waals surface area (Å²) in [5.41, 5.74) is 0.342. The van der Waals surface area contributed by atoms with Crippen molar-refractivity contribution in [3.05, 3.63) is 0 Å². The van der Waals surface area contributed by atoms with Gasteiger partial charge >= 0.3 is 24.1 Å². The van der Waals surface area contributed by atoms with E-state index in [4.69, 9.17) is 5.11 Å². The van der Waals surface area contributed by atoms with E-state index in [1.54, 1.807) is 0 Å². The molecule has 0 heterocycles. The maximum atomic E-state index is 13.0. The van der Waals surface area contributed by atoms with E-state index in [2.05, 4.69) is 5.73 Å². The van der Waals surface area contributed by atoms with Crippen molar-refractivity contribution in [2.45, 2.75) is 43.0 Å². The molecule has 0 bridgehead atoms. The Hall–Kier alpha value is -0.710. The molecule has 0 spiro atoms. The monoisotopic (exact) mass is 293 g/mol. The molecule has 0 aromatic carbocycles. The topological polar surface area (TPSA) is 46.2 Å². The van der Waals surface area contributed by atoms with Crippen molar-refractivity contribution in [1.82, 2.24) is 0 Å². The molecule has 0 aromatic rings. The highest BCUT2D eigenvalue weighted by molar-refractivity contribution is 5.06. The Morgan fingerprint density at radius 2 is 1.17 bits per heavy atom. The Morgan fingerprint density at radius 1 is 0.833 bits per heavy atom. The van der Waals surface area contributed by atoms with Crippen LogP contribution >= 0.6 is 0 Å². The van der Waals surface area contributed by atoms with E-state index < -0.39 is 36.1 Å². The van der Waals surface area contributed by atoms with Crippen LogP contribution in [0.25, 0.3) is 0 Å². The molecule has 2 nitrogen and oxygen atoms in total. The van der Waals surface area contributed by atoms with E-state index in [1.807, 2.05) is 0 Å². The first-order valence-corrected chi connectivity index (χ1v) is 4.17. The highest BCUT2D eigenvalue weighted by atomic mass is 19.4. The number of aliphatic hydroxyl groups is 1. The molecule has 0 radical (unpaired) electrons. The van der Waals surface area contributed by atoms with Crippen LogP contribution in [0, 0.1) is 0 Å². The minimum Gasteiger partial charge on any atom is -0.331 e. The van der Waals surface area contributed by atoms with Gasteiger partial charge in [-0.2, -0.15) is 39.5 Å². The fraction of sp³-hybridized carbons (Fsp3) is 1.00. The molecule has 1 unspecified atom stereocenters. The molecule has 0 rings (SSSR count). The molecule has 1 atom stereocenters. The van der Waals surface area contributed by atoms with E-state index in [0.29, 0.717) is 0 Å². The average molecular weight is 293 g/mol. The van der Waals surface area contributed by atoms with Crippen LogP contribution in [-0.2, 0) is 0 Å². The molecular formula is C7H8F9NO. The van der Waals surface area contributed by atoms with Crippen LogP contribution in [-0.4, -0.2) is 34.8 Å². The van der Waals surface area contributed by atoms with Crippen LogP contribution in [0.5, 0.6) is 0 Å². The molecule has 3 N–H and O–H groups in total. The van der Waals surface area contributed by atoms with Crippen LogP contribution < -0.4 is 5.73 Å². The zero-order chi connectivity index (χ0) is 15.2. The molecule has 0 aromatic heterocycles. The molecule has 0 fully saturated rings. The van der Waals surface area contributed by atoms with Gasteiger partial charge in [0.15, 0.2) is 0 Å². The molecule has 18 heavy (non-hydrogen) atoms. The third-order valence-corrected chi connectivity index (χ3v) is 2.06. The summed E-state index contributed by atoms with van der Waals surface area (Å²) in [6.45, 7) is -0.167. The van der Waals surface area contributed by atoms with Crippen molar-refractivity contribution in [3.8, 4) is 0 Å². The highest BCUT2D eigenvalue weighted by Gasteiger charge is 2.77. The van der Waals surface area contributed by atoms with Crippen LogP contribution in [0.2, 0.25) is 0 Å². The number of halogens is 9. The van der Waals surface area contributed by atoms with Gasteiger partial charge in [-0.3, -0.25) is 0 Å². The van der Waals surface area contributed by atoms with Gasteiger partial charge in [0.05, 0.1) is 12.0 Å². The van der Waals surface area contributed by atoms with Crippen LogP contribution in [0.15, 0.2) is 0 Å². The second kappa shape index (κ2) is 4.15. The van der Waals surface area contributed by atoms with E-state index >= 15 is 0 Å². The van der Waals surface area contributed by atoms with E-state index in [-0.39, 0.29) is 6.92 Å². The molecule has 0 saturated heterocycles. The van der Waals surface area contributed by atoms with Crippen molar-refractivity contribution >= 4 is 0 Å². The van der Waals surface area contributed by atoms with Crippen LogP contribution in [0.3, 0.4) is 0 Å².